The minimum Gasteiger partial charge on any atom is -0.497 e. The van der Waals surface area contributed by atoms with Crippen molar-refractivity contribution in [3.8, 4) is 5.75 Å². The second-order valence-electron chi connectivity index (χ2n) is 5.33. The molecule has 0 bridgehead atoms. The molecule has 0 amide bonds. The SMILES string of the molecule is COc1ccc(SCC(=O)OCC2CC=CCC2C)cc1. The molecule has 1 aliphatic carbocycles. The number of ether oxygens (including phenoxy) is 2. The van der Waals surface area contributed by atoms with Crippen LogP contribution in [-0.4, -0.2) is 25.4 Å². The Bertz CT molecular complexity index is 481. The average Bonchev–Trinajstić information content (AvgIpc) is 2.52. The number of esters is 1. The smallest absolute Gasteiger partial charge is 0.316 e. The largest absolute Gasteiger partial charge is 0.497 e. The molecule has 0 heterocycles. The van der Waals surface area contributed by atoms with Crippen LogP contribution in [0.25, 0.3) is 0 Å². The summed E-state index contributed by atoms with van der Waals surface area (Å²) in [6.45, 7) is 2.75. The highest BCUT2D eigenvalue weighted by atomic mass is 32.2. The number of hydrogen-bond donors (Lipinski definition) is 0. The van der Waals surface area contributed by atoms with Crippen molar-refractivity contribution < 1.29 is 14.3 Å². The van der Waals surface area contributed by atoms with Gasteiger partial charge in [0.2, 0.25) is 0 Å². The molecule has 0 radical (unpaired) electrons. The Hall–Kier alpha value is -1.42. The summed E-state index contributed by atoms with van der Waals surface area (Å²) in [5.74, 6) is 2.09. The molecule has 2 rings (SSSR count). The summed E-state index contributed by atoms with van der Waals surface area (Å²) in [6.07, 6.45) is 6.50. The van der Waals surface area contributed by atoms with E-state index in [4.69, 9.17) is 9.47 Å². The first kappa shape index (κ1) is 16.0. The van der Waals surface area contributed by atoms with Crippen molar-refractivity contribution >= 4 is 17.7 Å². The number of hydrogen-bond acceptors (Lipinski definition) is 4. The molecule has 2 atom stereocenters. The third kappa shape index (κ3) is 5.12. The molecule has 0 saturated heterocycles. The van der Waals surface area contributed by atoms with E-state index in [0.29, 0.717) is 24.2 Å². The molecule has 1 aromatic carbocycles. The van der Waals surface area contributed by atoms with Crippen molar-refractivity contribution in [2.75, 3.05) is 19.5 Å². The monoisotopic (exact) mass is 306 g/mol. The van der Waals surface area contributed by atoms with Crippen LogP contribution in [-0.2, 0) is 9.53 Å². The van der Waals surface area contributed by atoms with Gasteiger partial charge in [0.05, 0.1) is 19.5 Å². The van der Waals surface area contributed by atoms with Gasteiger partial charge in [-0.05, 0) is 48.9 Å². The van der Waals surface area contributed by atoms with Gasteiger partial charge in [0, 0.05) is 4.90 Å². The summed E-state index contributed by atoms with van der Waals surface area (Å²) in [5, 5.41) is 0. The Balaban J connectivity index is 1.70. The van der Waals surface area contributed by atoms with Gasteiger partial charge in [-0.15, -0.1) is 11.8 Å². The van der Waals surface area contributed by atoms with Crippen LogP contribution in [0.3, 0.4) is 0 Å². The van der Waals surface area contributed by atoms with Gasteiger partial charge in [0.25, 0.3) is 0 Å². The van der Waals surface area contributed by atoms with E-state index < -0.39 is 0 Å². The Kier molecular flexibility index (Phi) is 6.18. The number of rotatable bonds is 6. The van der Waals surface area contributed by atoms with Gasteiger partial charge in [-0.3, -0.25) is 4.79 Å². The van der Waals surface area contributed by atoms with Crippen molar-refractivity contribution in [3.63, 3.8) is 0 Å². The number of benzene rings is 1. The zero-order valence-corrected chi connectivity index (χ0v) is 13.4. The molecule has 4 heteroatoms. The number of allylic oxidation sites excluding steroid dienone is 2. The standard InChI is InChI=1S/C17H22O3S/c1-13-5-3-4-6-14(13)11-20-17(18)12-21-16-9-7-15(19-2)8-10-16/h3-4,7-10,13-14H,5-6,11-12H2,1-2H3. The van der Waals surface area contributed by atoms with Crippen LogP contribution in [0.1, 0.15) is 19.8 Å². The molecule has 114 valence electrons. The third-order valence-electron chi connectivity index (χ3n) is 3.79. The molecule has 21 heavy (non-hydrogen) atoms. The molecule has 0 spiro atoms. The predicted molar refractivity (Wildman–Crippen MR) is 85.7 cm³/mol. The van der Waals surface area contributed by atoms with Gasteiger partial charge in [-0.25, -0.2) is 0 Å². The molecule has 0 aromatic heterocycles. The normalized spacial score (nSPS) is 21.0. The summed E-state index contributed by atoms with van der Waals surface area (Å²) in [6, 6.07) is 7.68. The molecule has 1 aliphatic rings. The van der Waals surface area contributed by atoms with E-state index in [0.717, 1.165) is 23.5 Å². The predicted octanol–water partition coefficient (Wildman–Crippen LogP) is 3.93. The lowest BCUT2D eigenvalue weighted by atomic mass is 9.85. The van der Waals surface area contributed by atoms with E-state index in [9.17, 15) is 4.79 Å². The topological polar surface area (TPSA) is 35.5 Å². The van der Waals surface area contributed by atoms with Gasteiger partial charge in [0.1, 0.15) is 5.75 Å². The maximum absolute atomic E-state index is 11.8. The zero-order chi connectivity index (χ0) is 15.1. The molecule has 1 aromatic rings. The summed E-state index contributed by atoms with van der Waals surface area (Å²) in [5.41, 5.74) is 0. The molecule has 0 aliphatic heterocycles. The minimum absolute atomic E-state index is 0.141. The van der Waals surface area contributed by atoms with Crippen LogP contribution in [0.5, 0.6) is 5.75 Å². The number of carbonyl (C=O) groups excluding carboxylic acids is 1. The second kappa shape index (κ2) is 8.13. The first-order chi connectivity index (χ1) is 10.2. The van der Waals surface area contributed by atoms with E-state index in [-0.39, 0.29) is 5.97 Å². The van der Waals surface area contributed by atoms with Gasteiger partial charge >= 0.3 is 5.97 Å². The number of thioether (sulfide) groups is 1. The first-order valence-corrected chi connectivity index (χ1v) is 8.25. The van der Waals surface area contributed by atoms with Crippen LogP contribution in [0, 0.1) is 11.8 Å². The van der Waals surface area contributed by atoms with E-state index >= 15 is 0 Å². The number of carbonyl (C=O) groups is 1. The zero-order valence-electron chi connectivity index (χ0n) is 12.6. The van der Waals surface area contributed by atoms with Crippen molar-refractivity contribution in [2.45, 2.75) is 24.7 Å². The highest BCUT2D eigenvalue weighted by molar-refractivity contribution is 8.00. The quantitative estimate of drug-likeness (QED) is 0.453. The maximum Gasteiger partial charge on any atom is 0.316 e. The molecule has 3 nitrogen and oxygen atoms in total. The fraction of sp³-hybridized carbons (Fsp3) is 0.471. The van der Waals surface area contributed by atoms with Gasteiger partial charge in [-0.1, -0.05) is 19.1 Å². The Labute approximate surface area is 130 Å². The molecule has 0 fully saturated rings. The van der Waals surface area contributed by atoms with Gasteiger partial charge in [0.15, 0.2) is 0 Å². The maximum atomic E-state index is 11.8. The summed E-state index contributed by atoms with van der Waals surface area (Å²) < 4.78 is 10.5. The minimum atomic E-state index is -0.141. The molecule has 0 N–H and O–H groups in total. The van der Waals surface area contributed by atoms with Crippen LogP contribution >= 0.6 is 11.8 Å². The van der Waals surface area contributed by atoms with Crippen molar-refractivity contribution in [3.05, 3.63) is 36.4 Å². The Morgan fingerprint density at radius 2 is 1.95 bits per heavy atom. The Morgan fingerprint density at radius 1 is 1.24 bits per heavy atom. The van der Waals surface area contributed by atoms with E-state index in [1.807, 2.05) is 24.3 Å². The van der Waals surface area contributed by atoms with Crippen molar-refractivity contribution in [1.82, 2.24) is 0 Å². The van der Waals surface area contributed by atoms with E-state index in [1.165, 1.54) is 11.8 Å². The van der Waals surface area contributed by atoms with Crippen LogP contribution in [0.4, 0.5) is 0 Å². The van der Waals surface area contributed by atoms with Gasteiger partial charge < -0.3 is 9.47 Å². The van der Waals surface area contributed by atoms with Crippen molar-refractivity contribution in [2.24, 2.45) is 11.8 Å². The summed E-state index contributed by atoms with van der Waals surface area (Å²) in [7, 11) is 1.64. The second-order valence-corrected chi connectivity index (χ2v) is 6.38. The van der Waals surface area contributed by atoms with E-state index in [2.05, 4.69) is 19.1 Å². The fourth-order valence-corrected chi connectivity index (χ4v) is 2.99. The fourth-order valence-electron chi connectivity index (χ4n) is 2.29. The highest BCUT2D eigenvalue weighted by Gasteiger charge is 2.19. The molecular weight excluding hydrogens is 284 g/mol. The lowest BCUT2D eigenvalue weighted by Crippen LogP contribution is -2.22. The third-order valence-corrected chi connectivity index (χ3v) is 4.78. The Morgan fingerprint density at radius 3 is 2.62 bits per heavy atom. The molecular formula is C17H22O3S. The van der Waals surface area contributed by atoms with Gasteiger partial charge in [-0.2, -0.15) is 0 Å². The molecule has 0 saturated carbocycles. The summed E-state index contributed by atoms with van der Waals surface area (Å²) in [4.78, 5) is 12.8. The van der Waals surface area contributed by atoms with Crippen LogP contribution in [0.15, 0.2) is 41.3 Å². The average molecular weight is 306 g/mol. The van der Waals surface area contributed by atoms with Crippen molar-refractivity contribution in [1.29, 1.82) is 0 Å². The summed E-state index contributed by atoms with van der Waals surface area (Å²) >= 11 is 1.49. The lowest BCUT2D eigenvalue weighted by Gasteiger charge is -2.24. The molecule has 2 unspecified atom stereocenters. The highest BCUT2D eigenvalue weighted by Crippen LogP contribution is 2.25. The van der Waals surface area contributed by atoms with Crippen LogP contribution < -0.4 is 4.74 Å². The lowest BCUT2D eigenvalue weighted by molar-refractivity contribution is -0.142. The van der Waals surface area contributed by atoms with E-state index in [1.54, 1.807) is 7.11 Å². The first-order valence-electron chi connectivity index (χ1n) is 7.26. The number of methoxy groups -OCH3 is 1. The van der Waals surface area contributed by atoms with Crippen LogP contribution in [0.2, 0.25) is 0 Å².